The van der Waals surface area contributed by atoms with Gasteiger partial charge in [0.2, 0.25) is 5.91 Å². The van der Waals surface area contributed by atoms with Gasteiger partial charge in [-0.25, -0.2) is 4.98 Å². The summed E-state index contributed by atoms with van der Waals surface area (Å²) in [5.41, 5.74) is 3.26. The van der Waals surface area contributed by atoms with Gasteiger partial charge in [-0.3, -0.25) is 24.3 Å². The third-order valence-corrected chi connectivity index (χ3v) is 6.44. The van der Waals surface area contributed by atoms with Crippen LogP contribution in [0.1, 0.15) is 41.7 Å². The van der Waals surface area contributed by atoms with E-state index in [-0.39, 0.29) is 24.9 Å². The molecule has 0 spiro atoms. The van der Waals surface area contributed by atoms with Gasteiger partial charge < -0.3 is 31.0 Å². The van der Waals surface area contributed by atoms with Gasteiger partial charge in [-0.1, -0.05) is 0 Å². The second-order valence-corrected chi connectivity index (χ2v) is 9.17. The van der Waals surface area contributed by atoms with Crippen LogP contribution in [0.25, 0.3) is 22.6 Å². The Kier molecular flexibility index (Phi) is 6.86. The number of esters is 1. The molecule has 2 aliphatic rings. The molecule has 0 saturated carbocycles. The zero-order chi connectivity index (χ0) is 25.9. The van der Waals surface area contributed by atoms with Gasteiger partial charge in [-0.05, 0) is 51.1 Å². The standard InChI is InChI=1S/C24H28N8O5/c1-12-20(24(36)28-13-6-8-25-9-7-13)21(32-31-12)22-29-15-3-2-14(10-16(15)30-22)27-18(33)11-26-23(35)17-4-5-19(34)37-17/h2-3,10,13,17,25H,4-9,11H2,1H3,(H,26,35)(H,27,33)(H,28,36)(H,29,30)(H,31,32)/t17-/m1/s1. The molecule has 1 aromatic carbocycles. The van der Waals surface area contributed by atoms with E-state index in [1.165, 1.54) is 0 Å². The molecule has 2 aromatic heterocycles. The predicted octanol–water partition coefficient (Wildman–Crippen LogP) is 0.504. The number of hydrogen-bond acceptors (Lipinski definition) is 8. The van der Waals surface area contributed by atoms with E-state index in [0.29, 0.717) is 45.9 Å². The molecule has 1 atom stereocenters. The Morgan fingerprint density at radius 1 is 1.16 bits per heavy atom. The lowest BCUT2D eigenvalue weighted by Gasteiger charge is -2.23. The Labute approximate surface area is 211 Å². The van der Waals surface area contributed by atoms with Crippen LogP contribution in [0.4, 0.5) is 5.69 Å². The summed E-state index contributed by atoms with van der Waals surface area (Å²) in [6.45, 7) is 3.26. The average molecular weight is 509 g/mol. The minimum absolute atomic E-state index is 0.107. The van der Waals surface area contributed by atoms with E-state index in [0.717, 1.165) is 25.9 Å². The van der Waals surface area contributed by atoms with E-state index in [4.69, 9.17) is 4.74 Å². The van der Waals surface area contributed by atoms with Crippen LogP contribution >= 0.6 is 0 Å². The number of nitrogens with one attached hydrogen (secondary N) is 6. The van der Waals surface area contributed by atoms with E-state index < -0.39 is 23.9 Å². The summed E-state index contributed by atoms with van der Waals surface area (Å²) >= 11 is 0. The monoisotopic (exact) mass is 508 g/mol. The summed E-state index contributed by atoms with van der Waals surface area (Å²) in [5, 5.41) is 18.7. The number of benzene rings is 1. The van der Waals surface area contributed by atoms with E-state index in [1.54, 1.807) is 25.1 Å². The molecule has 13 heteroatoms. The Hall–Kier alpha value is -4.26. The third-order valence-electron chi connectivity index (χ3n) is 6.44. The molecule has 2 aliphatic heterocycles. The number of cyclic esters (lactones) is 1. The molecular weight excluding hydrogens is 480 g/mol. The molecule has 13 nitrogen and oxygen atoms in total. The summed E-state index contributed by atoms with van der Waals surface area (Å²) < 4.78 is 4.89. The molecule has 6 N–H and O–H groups in total. The Bertz CT molecular complexity index is 1360. The number of imidazole rings is 1. The normalized spacial score (nSPS) is 18.0. The SMILES string of the molecule is Cc1[nH]nc(-c2nc3cc(NC(=O)CNC(=O)[C@H]4CCC(=O)O4)ccc3[nH]2)c1C(=O)NC1CCNCC1. The number of anilines is 1. The van der Waals surface area contributed by atoms with E-state index >= 15 is 0 Å². The number of piperidine rings is 1. The Balaban J connectivity index is 1.25. The first-order chi connectivity index (χ1) is 17.9. The van der Waals surface area contributed by atoms with Gasteiger partial charge >= 0.3 is 5.97 Å². The van der Waals surface area contributed by atoms with Crippen molar-refractivity contribution in [3.63, 3.8) is 0 Å². The van der Waals surface area contributed by atoms with Crippen molar-refractivity contribution < 1.29 is 23.9 Å². The summed E-state index contributed by atoms with van der Waals surface area (Å²) in [6, 6.07) is 5.24. The molecule has 3 amide bonds. The summed E-state index contributed by atoms with van der Waals surface area (Å²) in [5.74, 6) is -1.13. The topological polar surface area (TPSA) is 183 Å². The van der Waals surface area contributed by atoms with Crippen LogP contribution in [-0.4, -0.2) is 75.6 Å². The molecule has 0 radical (unpaired) electrons. The van der Waals surface area contributed by atoms with Gasteiger partial charge in [0, 0.05) is 30.3 Å². The molecule has 0 unspecified atom stereocenters. The predicted molar refractivity (Wildman–Crippen MR) is 133 cm³/mol. The Morgan fingerprint density at radius 3 is 2.73 bits per heavy atom. The van der Waals surface area contributed by atoms with E-state index in [2.05, 4.69) is 41.4 Å². The molecule has 0 bridgehead atoms. The number of amides is 3. The largest absolute Gasteiger partial charge is 0.452 e. The molecule has 5 rings (SSSR count). The number of H-pyrrole nitrogens is 2. The highest BCUT2D eigenvalue weighted by Gasteiger charge is 2.30. The number of aryl methyl sites for hydroxylation is 1. The fourth-order valence-corrected chi connectivity index (χ4v) is 4.49. The van der Waals surface area contributed by atoms with Crippen LogP contribution in [0.5, 0.6) is 0 Å². The van der Waals surface area contributed by atoms with Gasteiger partial charge in [0.05, 0.1) is 23.1 Å². The van der Waals surface area contributed by atoms with Gasteiger partial charge in [0.25, 0.3) is 11.8 Å². The summed E-state index contributed by atoms with van der Waals surface area (Å²) in [4.78, 5) is 56.3. The van der Waals surface area contributed by atoms with Crippen molar-refractivity contribution in [1.82, 2.24) is 36.1 Å². The summed E-state index contributed by atoms with van der Waals surface area (Å²) in [6.07, 6.45) is 1.39. The van der Waals surface area contributed by atoms with Crippen LogP contribution in [0.2, 0.25) is 0 Å². The van der Waals surface area contributed by atoms with Crippen molar-refractivity contribution in [3.8, 4) is 11.5 Å². The lowest BCUT2D eigenvalue weighted by atomic mass is 10.1. The van der Waals surface area contributed by atoms with Crippen molar-refractivity contribution in [3.05, 3.63) is 29.5 Å². The zero-order valence-corrected chi connectivity index (χ0v) is 20.3. The van der Waals surface area contributed by atoms with E-state index in [1.807, 2.05) is 0 Å². The minimum Gasteiger partial charge on any atom is -0.452 e. The number of ether oxygens (including phenoxy) is 1. The van der Waals surface area contributed by atoms with Crippen molar-refractivity contribution >= 4 is 40.4 Å². The Morgan fingerprint density at radius 2 is 1.97 bits per heavy atom. The highest BCUT2D eigenvalue weighted by molar-refractivity contribution is 6.01. The molecule has 0 aliphatic carbocycles. The number of rotatable bonds is 7. The van der Waals surface area contributed by atoms with Gasteiger partial charge in [-0.15, -0.1) is 0 Å². The number of fused-ring (bicyclic) bond motifs is 1. The lowest BCUT2D eigenvalue weighted by molar-refractivity contribution is -0.148. The first kappa shape index (κ1) is 24.4. The molecule has 2 fully saturated rings. The fraction of sp³-hybridized carbons (Fsp3) is 0.417. The number of aromatic amines is 2. The fourth-order valence-electron chi connectivity index (χ4n) is 4.49. The molecule has 37 heavy (non-hydrogen) atoms. The second kappa shape index (κ2) is 10.4. The quantitative estimate of drug-likeness (QED) is 0.249. The second-order valence-electron chi connectivity index (χ2n) is 9.17. The molecule has 4 heterocycles. The molecular formula is C24H28N8O5. The highest BCUT2D eigenvalue weighted by atomic mass is 16.6. The zero-order valence-electron chi connectivity index (χ0n) is 20.3. The number of nitrogens with zero attached hydrogens (tertiary/aromatic N) is 2. The summed E-state index contributed by atoms with van der Waals surface area (Å²) in [7, 11) is 0. The van der Waals surface area contributed by atoms with Gasteiger partial charge in [0.15, 0.2) is 11.9 Å². The van der Waals surface area contributed by atoms with E-state index in [9.17, 15) is 19.2 Å². The van der Waals surface area contributed by atoms with Crippen LogP contribution < -0.4 is 21.3 Å². The van der Waals surface area contributed by atoms with Gasteiger partial charge in [0.1, 0.15) is 5.69 Å². The smallest absolute Gasteiger partial charge is 0.306 e. The van der Waals surface area contributed by atoms with Crippen molar-refractivity contribution in [1.29, 1.82) is 0 Å². The van der Waals surface area contributed by atoms with Crippen LogP contribution in [0, 0.1) is 6.92 Å². The van der Waals surface area contributed by atoms with Crippen LogP contribution in [-0.2, 0) is 19.1 Å². The number of hydrogen-bond donors (Lipinski definition) is 6. The average Bonchev–Trinajstić information content (AvgIpc) is 3.60. The highest BCUT2D eigenvalue weighted by Crippen LogP contribution is 2.26. The number of carbonyl (C=O) groups excluding carboxylic acids is 4. The first-order valence-electron chi connectivity index (χ1n) is 12.2. The first-order valence-corrected chi connectivity index (χ1v) is 12.2. The lowest BCUT2D eigenvalue weighted by Crippen LogP contribution is -2.42. The maximum atomic E-state index is 13.1. The minimum atomic E-state index is -0.851. The van der Waals surface area contributed by atoms with Crippen molar-refractivity contribution in [2.75, 3.05) is 25.0 Å². The molecule has 3 aromatic rings. The van der Waals surface area contributed by atoms with Gasteiger partial charge in [-0.2, -0.15) is 5.10 Å². The number of carbonyl (C=O) groups is 4. The molecule has 194 valence electrons. The van der Waals surface area contributed by atoms with Crippen LogP contribution in [0.15, 0.2) is 18.2 Å². The molecule has 2 saturated heterocycles. The van der Waals surface area contributed by atoms with Crippen molar-refractivity contribution in [2.45, 2.75) is 44.8 Å². The van der Waals surface area contributed by atoms with Crippen molar-refractivity contribution in [2.24, 2.45) is 0 Å². The maximum absolute atomic E-state index is 13.1. The number of aromatic nitrogens is 4. The van der Waals surface area contributed by atoms with Crippen LogP contribution in [0.3, 0.4) is 0 Å². The third kappa shape index (κ3) is 5.45. The maximum Gasteiger partial charge on any atom is 0.306 e.